The molecule has 16 heavy (non-hydrogen) atoms. The van der Waals surface area contributed by atoms with E-state index in [1.165, 1.54) is 4.90 Å². The molecule has 1 saturated heterocycles. The number of hydrogen-bond acceptors (Lipinski definition) is 3. The van der Waals surface area contributed by atoms with Gasteiger partial charge in [0.2, 0.25) is 0 Å². The van der Waals surface area contributed by atoms with E-state index in [1.807, 2.05) is 30.3 Å². The summed E-state index contributed by atoms with van der Waals surface area (Å²) in [7, 11) is 0. The maximum Gasteiger partial charge on any atom is 0.327 e. The van der Waals surface area contributed by atoms with Gasteiger partial charge in [-0.1, -0.05) is 42.1 Å². The van der Waals surface area contributed by atoms with E-state index in [2.05, 4.69) is 0 Å². The van der Waals surface area contributed by atoms with Crippen LogP contribution in [-0.2, 0) is 11.3 Å². The smallest absolute Gasteiger partial charge is 0.327 e. The van der Waals surface area contributed by atoms with Crippen molar-refractivity contribution in [2.45, 2.75) is 12.6 Å². The molecule has 1 aliphatic heterocycles. The predicted octanol–water partition coefficient (Wildman–Crippen LogP) is 1.81. The fourth-order valence-corrected chi connectivity index (χ4v) is 2.59. The van der Waals surface area contributed by atoms with Gasteiger partial charge in [-0.25, -0.2) is 4.79 Å². The number of carboxylic acids is 1. The normalized spacial score (nSPS) is 20.1. The largest absolute Gasteiger partial charge is 0.480 e. The second-order valence-corrected chi connectivity index (χ2v) is 4.52. The minimum absolute atomic E-state index is 0.156. The number of hydrogen-bond donors (Lipinski definition) is 1. The number of thioether (sulfide) groups is 1. The van der Waals surface area contributed by atoms with E-state index >= 15 is 0 Å². The fraction of sp³-hybridized carbons (Fsp3) is 0.273. The number of carboxylic acid groups (broad SMARTS) is 1. The van der Waals surface area contributed by atoms with E-state index in [0.717, 1.165) is 17.3 Å². The molecule has 1 N–H and O–H groups in total. The number of aliphatic carboxylic acids is 1. The summed E-state index contributed by atoms with van der Waals surface area (Å²) in [4.78, 5) is 23.9. The highest BCUT2D eigenvalue weighted by Gasteiger charge is 2.36. The third-order valence-corrected chi connectivity index (χ3v) is 3.42. The highest BCUT2D eigenvalue weighted by Crippen LogP contribution is 2.25. The molecule has 5 heteroatoms. The van der Waals surface area contributed by atoms with Crippen LogP contribution in [0.25, 0.3) is 0 Å². The van der Waals surface area contributed by atoms with Crippen LogP contribution < -0.4 is 0 Å². The molecule has 0 radical (unpaired) electrons. The summed E-state index contributed by atoms with van der Waals surface area (Å²) in [6, 6.07) is 8.71. The van der Waals surface area contributed by atoms with Crippen molar-refractivity contribution >= 4 is 23.0 Å². The van der Waals surface area contributed by atoms with Crippen molar-refractivity contribution in [3.05, 3.63) is 35.9 Å². The lowest BCUT2D eigenvalue weighted by atomic mass is 10.2. The van der Waals surface area contributed by atoms with Crippen LogP contribution in [-0.4, -0.2) is 33.0 Å². The van der Waals surface area contributed by atoms with Crippen LogP contribution in [0.3, 0.4) is 0 Å². The Labute approximate surface area is 97.3 Å². The van der Waals surface area contributed by atoms with Crippen molar-refractivity contribution in [2.75, 3.05) is 5.75 Å². The Balaban J connectivity index is 2.13. The number of benzene rings is 1. The first kappa shape index (κ1) is 11.0. The lowest BCUT2D eigenvalue weighted by Gasteiger charge is -2.20. The molecule has 1 atom stereocenters. The van der Waals surface area contributed by atoms with Crippen LogP contribution in [0.4, 0.5) is 4.79 Å². The molecule has 0 aliphatic carbocycles. The molecule has 1 aromatic rings. The highest BCUT2D eigenvalue weighted by molar-refractivity contribution is 8.13. The highest BCUT2D eigenvalue weighted by atomic mass is 32.2. The zero-order valence-corrected chi connectivity index (χ0v) is 9.31. The Bertz CT molecular complexity index is 407. The van der Waals surface area contributed by atoms with Crippen molar-refractivity contribution < 1.29 is 14.7 Å². The van der Waals surface area contributed by atoms with Crippen LogP contribution in [0.5, 0.6) is 0 Å². The second kappa shape index (κ2) is 4.57. The van der Waals surface area contributed by atoms with E-state index < -0.39 is 12.0 Å². The molecule has 0 saturated carbocycles. The fourth-order valence-electron chi connectivity index (χ4n) is 1.61. The van der Waals surface area contributed by atoms with Crippen LogP contribution >= 0.6 is 11.8 Å². The molecular formula is C11H11NO3S. The SMILES string of the molecule is O=C(O)C1CSC(=O)N1Cc1ccccc1. The van der Waals surface area contributed by atoms with Gasteiger partial charge in [0.1, 0.15) is 6.04 Å². The van der Waals surface area contributed by atoms with Crippen molar-refractivity contribution in [1.82, 2.24) is 4.90 Å². The molecule has 1 heterocycles. The number of rotatable bonds is 3. The molecule has 1 amide bonds. The quantitative estimate of drug-likeness (QED) is 0.871. The summed E-state index contributed by atoms with van der Waals surface area (Å²) >= 11 is 1.07. The summed E-state index contributed by atoms with van der Waals surface area (Å²) in [5.74, 6) is -0.602. The lowest BCUT2D eigenvalue weighted by molar-refractivity contribution is -0.141. The Morgan fingerprint density at radius 2 is 2.12 bits per heavy atom. The van der Waals surface area contributed by atoms with Gasteiger partial charge in [0.25, 0.3) is 5.24 Å². The van der Waals surface area contributed by atoms with Gasteiger partial charge in [-0.15, -0.1) is 0 Å². The van der Waals surface area contributed by atoms with E-state index in [1.54, 1.807) is 0 Å². The maximum absolute atomic E-state index is 11.5. The second-order valence-electron chi connectivity index (χ2n) is 3.54. The molecular weight excluding hydrogens is 226 g/mol. The summed E-state index contributed by atoms with van der Waals surface area (Å²) in [6.07, 6.45) is 0. The van der Waals surface area contributed by atoms with E-state index in [4.69, 9.17) is 5.11 Å². The van der Waals surface area contributed by atoms with Crippen LogP contribution in [0.15, 0.2) is 30.3 Å². The van der Waals surface area contributed by atoms with E-state index in [0.29, 0.717) is 12.3 Å². The van der Waals surface area contributed by atoms with E-state index in [9.17, 15) is 9.59 Å². The molecule has 0 bridgehead atoms. The Kier molecular flexibility index (Phi) is 3.14. The average molecular weight is 237 g/mol. The zero-order chi connectivity index (χ0) is 11.5. The molecule has 0 spiro atoms. The van der Waals surface area contributed by atoms with Gasteiger partial charge in [0, 0.05) is 12.3 Å². The van der Waals surface area contributed by atoms with Gasteiger partial charge in [-0.3, -0.25) is 4.79 Å². The maximum atomic E-state index is 11.5. The summed E-state index contributed by atoms with van der Waals surface area (Å²) in [5.41, 5.74) is 0.949. The Morgan fingerprint density at radius 1 is 1.44 bits per heavy atom. The molecule has 1 fully saturated rings. The molecule has 4 nitrogen and oxygen atoms in total. The molecule has 1 aromatic carbocycles. The number of nitrogens with zero attached hydrogens (tertiary/aromatic N) is 1. The van der Waals surface area contributed by atoms with Crippen molar-refractivity contribution in [1.29, 1.82) is 0 Å². The van der Waals surface area contributed by atoms with Gasteiger partial charge in [0.05, 0.1) is 0 Å². The van der Waals surface area contributed by atoms with E-state index in [-0.39, 0.29) is 5.24 Å². The van der Waals surface area contributed by atoms with Crippen LogP contribution in [0.2, 0.25) is 0 Å². The zero-order valence-electron chi connectivity index (χ0n) is 8.50. The van der Waals surface area contributed by atoms with Crippen molar-refractivity contribution in [3.8, 4) is 0 Å². The minimum Gasteiger partial charge on any atom is -0.480 e. The van der Waals surface area contributed by atoms with Crippen LogP contribution in [0, 0.1) is 0 Å². The van der Waals surface area contributed by atoms with Crippen molar-refractivity contribution in [3.63, 3.8) is 0 Å². The monoisotopic (exact) mass is 237 g/mol. The van der Waals surface area contributed by atoms with Crippen LogP contribution in [0.1, 0.15) is 5.56 Å². The first-order valence-corrected chi connectivity index (χ1v) is 5.87. The standard InChI is InChI=1S/C11H11NO3S/c13-10(14)9-7-16-11(15)12(9)6-8-4-2-1-3-5-8/h1-5,9H,6-7H2,(H,13,14). The van der Waals surface area contributed by atoms with Gasteiger partial charge in [-0.05, 0) is 5.56 Å². The first-order chi connectivity index (χ1) is 7.68. The lowest BCUT2D eigenvalue weighted by Crippen LogP contribution is -2.38. The summed E-state index contributed by atoms with van der Waals surface area (Å²) < 4.78 is 0. The van der Waals surface area contributed by atoms with Gasteiger partial charge in [-0.2, -0.15) is 0 Å². The van der Waals surface area contributed by atoms with Gasteiger partial charge in [0.15, 0.2) is 0 Å². The third-order valence-electron chi connectivity index (χ3n) is 2.46. The summed E-state index contributed by atoms with van der Waals surface area (Å²) in [6.45, 7) is 0.365. The molecule has 1 unspecified atom stereocenters. The van der Waals surface area contributed by atoms with Gasteiger partial charge >= 0.3 is 5.97 Å². The minimum atomic E-state index is -0.936. The Hall–Kier alpha value is -1.49. The molecule has 2 rings (SSSR count). The first-order valence-electron chi connectivity index (χ1n) is 4.88. The molecule has 0 aromatic heterocycles. The Morgan fingerprint density at radius 3 is 2.75 bits per heavy atom. The van der Waals surface area contributed by atoms with Gasteiger partial charge < -0.3 is 10.0 Å². The predicted molar refractivity (Wildman–Crippen MR) is 61.3 cm³/mol. The van der Waals surface area contributed by atoms with Crippen molar-refractivity contribution in [2.24, 2.45) is 0 Å². The molecule has 84 valence electrons. The summed E-state index contributed by atoms with van der Waals surface area (Å²) in [5, 5.41) is 8.82. The number of amides is 1. The third kappa shape index (κ3) is 2.19. The number of carbonyl (C=O) groups is 2. The average Bonchev–Trinajstić information content (AvgIpc) is 2.62. The topological polar surface area (TPSA) is 57.6 Å². The number of carbonyl (C=O) groups excluding carboxylic acids is 1. The molecule has 1 aliphatic rings.